The van der Waals surface area contributed by atoms with Crippen molar-refractivity contribution in [2.24, 2.45) is 11.8 Å². The third-order valence-electron chi connectivity index (χ3n) is 5.78. The zero-order chi connectivity index (χ0) is 23.6. The number of likely N-dealkylation sites (tertiary alicyclic amines) is 1. The molecule has 1 aromatic carbocycles. The van der Waals surface area contributed by atoms with Crippen molar-refractivity contribution in [3.05, 3.63) is 35.9 Å². The summed E-state index contributed by atoms with van der Waals surface area (Å²) in [5.41, 5.74) is 1.34. The Kier molecular flexibility index (Phi) is 10.4. The molecule has 0 amide bonds. The lowest BCUT2D eigenvalue weighted by Crippen LogP contribution is -2.48. The minimum Gasteiger partial charge on any atom is -0.481 e. The number of alkyl halides is 3. The second-order valence-electron chi connectivity index (χ2n) is 8.17. The molecule has 0 aliphatic carbocycles. The van der Waals surface area contributed by atoms with Gasteiger partial charge < -0.3 is 20.3 Å². The van der Waals surface area contributed by atoms with E-state index < -0.39 is 18.1 Å². The Balaban J connectivity index is 0.000000451. The number of carboxylic acids is 2. The number of nitrogens with one attached hydrogen (secondary N) is 1. The predicted octanol–water partition coefficient (Wildman–Crippen LogP) is 3.00. The van der Waals surface area contributed by atoms with Gasteiger partial charge in [-0.05, 0) is 43.7 Å². The summed E-state index contributed by atoms with van der Waals surface area (Å²) in [6.07, 6.45) is -1.06. The first-order valence-electron chi connectivity index (χ1n) is 10.8. The van der Waals surface area contributed by atoms with Gasteiger partial charge in [0.1, 0.15) is 0 Å². The largest absolute Gasteiger partial charge is 0.490 e. The maximum Gasteiger partial charge on any atom is 0.490 e. The average Bonchev–Trinajstić information content (AvgIpc) is 2.75. The van der Waals surface area contributed by atoms with Crippen LogP contribution in [-0.2, 0) is 20.9 Å². The Labute approximate surface area is 185 Å². The first-order valence-corrected chi connectivity index (χ1v) is 10.8. The number of carbonyl (C=O) groups is 2. The summed E-state index contributed by atoms with van der Waals surface area (Å²) < 4.78 is 37.1. The number of piperidine rings is 1. The molecular formula is C22H31F3N2O5. The lowest BCUT2D eigenvalue weighted by molar-refractivity contribution is -0.192. The maximum atomic E-state index is 11.7. The van der Waals surface area contributed by atoms with Crippen LogP contribution in [0.2, 0.25) is 0 Å². The summed E-state index contributed by atoms with van der Waals surface area (Å²) >= 11 is 0. The van der Waals surface area contributed by atoms with E-state index in [1.165, 1.54) is 12.0 Å². The molecule has 2 aliphatic heterocycles. The van der Waals surface area contributed by atoms with Gasteiger partial charge >= 0.3 is 18.1 Å². The van der Waals surface area contributed by atoms with Gasteiger partial charge in [-0.15, -0.1) is 0 Å². The lowest BCUT2D eigenvalue weighted by atomic mass is 9.85. The molecule has 32 heavy (non-hydrogen) atoms. The highest BCUT2D eigenvalue weighted by molar-refractivity contribution is 5.73. The molecule has 10 heteroatoms. The number of benzene rings is 1. The number of carboxylic acid groups (broad SMARTS) is 2. The Morgan fingerprint density at radius 2 is 1.75 bits per heavy atom. The third-order valence-corrected chi connectivity index (χ3v) is 5.78. The van der Waals surface area contributed by atoms with Crippen molar-refractivity contribution in [3.8, 4) is 0 Å². The number of hydrogen-bond donors (Lipinski definition) is 3. The molecule has 2 atom stereocenters. The third kappa shape index (κ3) is 9.13. The minimum absolute atomic E-state index is 0.239. The highest BCUT2D eigenvalue weighted by Gasteiger charge is 2.38. The van der Waals surface area contributed by atoms with E-state index in [0.29, 0.717) is 25.8 Å². The molecule has 1 aromatic rings. The van der Waals surface area contributed by atoms with E-state index >= 15 is 0 Å². The molecule has 7 nitrogen and oxygen atoms in total. The monoisotopic (exact) mass is 460 g/mol. The molecule has 3 rings (SSSR count). The van der Waals surface area contributed by atoms with Crippen LogP contribution in [0.3, 0.4) is 0 Å². The van der Waals surface area contributed by atoms with Crippen LogP contribution in [-0.4, -0.2) is 72.1 Å². The van der Waals surface area contributed by atoms with E-state index in [-0.39, 0.29) is 11.8 Å². The molecule has 180 valence electrons. The number of ether oxygens (including phenoxy) is 1. The smallest absolute Gasteiger partial charge is 0.481 e. The van der Waals surface area contributed by atoms with E-state index in [2.05, 4.69) is 34.5 Å². The lowest BCUT2D eigenvalue weighted by Gasteiger charge is -2.35. The van der Waals surface area contributed by atoms with Crippen molar-refractivity contribution in [1.82, 2.24) is 10.2 Å². The van der Waals surface area contributed by atoms with Gasteiger partial charge in [0, 0.05) is 38.9 Å². The summed E-state index contributed by atoms with van der Waals surface area (Å²) in [5, 5.41) is 20.3. The fourth-order valence-corrected chi connectivity index (χ4v) is 4.07. The normalized spacial score (nSPS) is 21.3. The van der Waals surface area contributed by atoms with E-state index in [4.69, 9.17) is 14.6 Å². The summed E-state index contributed by atoms with van der Waals surface area (Å²) in [7, 11) is 0. The summed E-state index contributed by atoms with van der Waals surface area (Å²) in [6, 6.07) is 10.9. The Morgan fingerprint density at radius 3 is 2.31 bits per heavy atom. The minimum atomic E-state index is -5.08. The van der Waals surface area contributed by atoms with Crippen LogP contribution in [0, 0.1) is 11.8 Å². The zero-order valence-corrected chi connectivity index (χ0v) is 17.9. The second-order valence-corrected chi connectivity index (χ2v) is 8.17. The average molecular weight is 460 g/mol. The molecule has 2 saturated heterocycles. The number of aliphatic carboxylic acids is 2. The first-order chi connectivity index (χ1) is 15.2. The van der Waals surface area contributed by atoms with Crippen molar-refractivity contribution in [1.29, 1.82) is 0 Å². The second kappa shape index (κ2) is 12.8. The van der Waals surface area contributed by atoms with Gasteiger partial charge in [-0.3, -0.25) is 9.69 Å². The SMILES string of the molecule is O=C(O)C(CNC1CCCN(Cc2ccccc2)C1)C1CCOCC1.O=C(O)C(F)(F)F. The van der Waals surface area contributed by atoms with Crippen molar-refractivity contribution in [2.75, 3.05) is 32.8 Å². The predicted molar refractivity (Wildman–Crippen MR) is 111 cm³/mol. The van der Waals surface area contributed by atoms with Crippen molar-refractivity contribution in [3.63, 3.8) is 0 Å². The van der Waals surface area contributed by atoms with Gasteiger partial charge in [0.05, 0.1) is 5.92 Å². The van der Waals surface area contributed by atoms with Crippen LogP contribution in [0.1, 0.15) is 31.2 Å². The quantitative estimate of drug-likeness (QED) is 0.575. The van der Waals surface area contributed by atoms with Crippen LogP contribution < -0.4 is 5.32 Å². The summed E-state index contributed by atoms with van der Waals surface area (Å²) in [5.74, 6) is -3.49. The molecular weight excluding hydrogens is 429 g/mol. The Hall–Kier alpha value is -2.17. The molecule has 0 spiro atoms. The van der Waals surface area contributed by atoms with Crippen molar-refractivity contribution < 1.29 is 37.7 Å². The number of hydrogen-bond acceptors (Lipinski definition) is 5. The van der Waals surface area contributed by atoms with Gasteiger partial charge in [-0.2, -0.15) is 13.2 Å². The molecule has 2 heterocycles. The summed E-state index contributed by atoms with van der Waals surface area (Å²) in [4.78, 5) is 23.1. The zero-order valence-electron chi connectivity index (χ0n) is 17.9. The van der Waals surface area contributed by atoms with E-state index in [9.17, 15) is 23.1 Å². The molecule has 0 aromatic heterocycles. The van der Waals surface area contributed by atoms with Gasteiger partial charge in [0.15, 0.2) is 0 Å². The van der Waals surface area contributed by atoms with Crippen molar-refractivity contribution >= 4 is 11.9 Å². The maximum absolute atomic E-state index is 11.7. The Morgan fingerprint density at radius 1 is 1.12 bits per heavy atom. The topological polar surface area (TPSA) is 99.1 Å². The van der Waals surface area contributed by atoms with Gasteiger partial charge in [-0.1, -0.05) is 30.3 Å². The first kappa shape index (κ1) is 26.1. The van der Waals surface area contributed by atoms with Crippen LogP contribution in [0.25, 0.3) is 0 Å². The van der Waals surface area contributed by atoms with E-state index in [0.717, 1.165) is 38.9 Å². The van der Waals surface area contributed by atoms with Crippen LogP contribution in [0.15, 0.2) is 30.3 Å². The standard InChI is InChI=1S/C20H30N2O3.C2HF3O2/c23-20(24)19(17-8-11-25-12-9-17)13-21-18-7-4-10-22(15-18)14-16-5-2-1-3-6-16;3-2(4,5)1(6)7/h1-3,5-6,17-19,21H,4,7-15H2,(H,23,24);(H,6,7). The summed E-state index contributed by atoms with van der Waals surface area (Å²) in [6.45, 7) is 5.06. The van der Waals surface area contributed by atoms with Crippen LogP contribution in [0.5, 0.6) is 0 Å². The molecule has 0 bridgehead atoms. The van der Waals surface area contributed by atoms with Gasteiger partial charge in [0.25, 0.3) is 0 Å². The molecule has 0 radical (unpaired) electrons. The Bertz CT molecular complexity index is 711. The van der Waals surface area contributed by atoms with Crippen molar-refractivity contribution in [2.45, 2.75) is 44.4 Å². The molecule has 3 N–H and O–H groups in total. The molecule has 0 saturated carbocycles. The van der Waals surface area contributed by atoms with Crippen LogP contribution in [0.4, 0.5) is 13.2 Å². The fraction of sp³-hybridized carbons (Fsp3) is 0.636. The highest BCUT2D eigenvalue weighted by Crippen LogP contribution is 2.24. The van der Waals surface area contributed by atoms with E-state index in [1.807, 2.05) is 6.07 Å². The fourth-order valence-electron chi connectivity index (χ4n) is 4.07. The number of rotatable bonds is 7. The molecule has 2 unspecified atom stereocenters. The van der Waals surface area contributed by atoms with E-state index in [1.54, 1.807) is 0 Å². The molecule has 2 aliphatic rings. The van der Waals surface area contributed by atoms with Crippen LogP contribution >= 0.6 is 0 Å². The van der Waals surface area contributed by atoms with Gasteiger partial charge in [-0.25, -0.2) is 4.79 Å². The van der Waals surface area contributed by atoms with Gasteiger partial charge in [0.2, 0.25) is 0 Å². The number of nitrogens with zero attached hydrogens (tertiary/aromatic N) is 1. The highest BCUT2D eigenvalue weighted by atomic mass is 19.4. The number of halogens is 3. The molecule has 2 fully saturated rings.